The molecule has 1 N–H and O–H groups in total. The van der Waals surface area contributed by atoms with E-state index in [1.54, 1.807) is 4.68 Å². The fourth-order valence-electron chi connectivity index (χ4n) is 11.1. The van der Waals surface area contributed by atoms with Crippen molar-refractivity contribution in [2.75, 3.05) is 469 Å². The van der Waals surface area contributed by atoms with Gasteiger partial charge in [0, 0.05) is 5.02 Å². The maximum atomic E-state index is 11.2. The minimum absolute atomic E-state index is 0.0473. The van der Waals surface area contributed by atoms with Crippen LogP contribution in [0.1, 0.15) is 16.8 Å². The molecular formula is C96H160ClI4N3O40. The van der Waals surface area contributed by atoms with Gasteiger partial charge in [-0.1, -0.05) is 28.9 Å². The molecule has 0 aliphatic rings. The van der Waals surface area contributed by atoms with E-state index in [1.807, 2.05) is 54.7 Å². The third-order valence-electron chi connectivity index (χ3n) is 18.2. The summed E-state index contributed by atoms with van der Waals surface area (Å²) < 4.78 is 218. The summed E-state index contributed by atoms with van der Waals surface area (Å²) >= 11 is 14.7. The molecule has 4 aromatic rings. The van der Waals surface area contributed by atoms with Crippen LogP contribution >= 0.6 is 102 Å². The molecule has 1 aromatic heterocycles. The molecule has 0 radical (unpaired) electrons. The van der Waals surface area contributed by atoms with Crippen molar-refractivity contribution in [3.05, 3.63) is 90.9 Å². The van der Waals surface area contributed by atoms with Gasteiger partial charge in [0.05, 0.1) is 509 Å². The van der Waals surface area contributed by atoms with Gasteiger partial charge in [-0.2, -0.15) is 0 Å². The molecule has 0 saturated heterocycles. The van der Waals surface area contributed by atoms with Crippen LogP contribution in [0.2, 0.25) is 5.02 Å². The number of rotatable bonds is 117. The molecule has 834 valence electrons. The van der Waals surface area contributed by atoms with Gasteiger partial charge in [-0.05, 0) is 138 Å². The van der Waals surface area contributed by atoms with Crippen molar-refractivity contribution in [1.29, 1.82) is 0 Å². The predicted octanol–water partition coefficient (Wildman–Crippen LogP) is 8.15. The number of carboxylic acid groups (broad SMARTS) is 1. The minimum atomic E-state index is -0.878. The fourth-order valence-corrected chi connectivity index (χ4v) is 15.4. The van der Waals surface area contributed by atoms with Gasteiger partial charge in [0.2, 0.25) is 0 Å². The Morgan fingerprint density at radius 2 is 0.431 bits per heavy atom. The number of nitrogens with zero attached hydrogens (tertiary/aromatic N) is 3. The first kappa shape index (κ1) is 134. The second kappa shape index (κ2) is 106. The van der Waals surface area contributed by atoms with Crippen LogP contribution in [0.4, 0.5) is 0 Å². The molecule has 0 atom stereocenters. The summed E-state index contributed by atoms with van der Waals surface area (Å²) in [5.41, 5.74) is 2.48. The Bertz CT molecular complexity index is 3340. The van der Waals surface area contributed by atoms with Gasteiger partial charge < -0.3 is 185 Å². The highest BCUT2D eigenvalue weighted by Gasteiger charge is 2.18. The fraction of sp³-hybridized carbons (Fsp3) is 0.781. The largest absolute Gasteiger partial charge is 0.485 e. The van der Waals surface area contributed by atoms with E-state index in [9.17, 15) is 9.90 Å². The van der Waals surface area contributed by atoms with Crippen LogP contribution in [0.3, 0.4) is 0 Å². The van der Waals surface area contributed by atoms with Gasteiger partial charge >= 0.3 is 5.97 Å². The van der Waals surface area contributed by atoms with Gasteiger partial charge in [0.25, 0.3) is 0 Å². The van der Waals surface area contributed by atoms with E-state index in [0.717, 1.165) is 31.2 Å². The average Bonchev–Trinajstić information content (AvgIpc) is 0.854. The SMILES string of the molecule is O=C(O)Cc1cc(I)c(Oc2cc(I)c(OCc3cn(CCOCCOCCOCCOCCOCCOCCOCCOCCOCCOCCOCCOCCOCCOCCOCCOCCOCCOCCOCCOCCOCCOCCOCCOCCOCCOCCOCCOCCOCCOCCOCCOCCOCCOCCOCCOCc4ccc(Cl)cc4)nn3)c(I)c2)c(I)c1. The molecule has 43 nitrogen and oxygen atoms in total. The van der Waals surface area contributed by atoms with Crippen molar-refractivity contribution < 1.29 is 190 Å². The van der Waals surface area contributed by atoms with Crippen molar-refractivity contribution in [1.82, 2.24) is 15.0 Å². The average molecular weight is 2540 g/mol. The Morgan fingerprint density at radius 3 is 0.632 bits per heavy atom. The number of halogens is 5. The molecule has 4 rings (SSSR count). The van der Waals surface area contributed by atoms with Crippen molar-refractivity contribution >= 4 is 108 Å². The number of benzene rings is 3. The molecular weight excluding hydrogens is 2380 g/mol. The number of hydrogen-bond donors (Lipinski definition) is 1. The molecule has 0 aliphatic carbocycles. The molecule has 0 saturated carbocycles. The number of carbonyl (C=O) groups is 1. The molecule has 0 unspecified atom stereocenters. The standard InChI is InChI=1S/C96H160ClI4N3O40/c97-87-3-1-85(2-4-87)83-142-76-75-141-74-73-140-72-71-139-70-69-138-68-67-137-66-65-136-64-63-135-62-61-134-60-59-133-58-57-132-56-55-131-54-53-130-52-51-129-50-49-128-48-47-127-46-45-126-44-43-125-42-41-124-40-39-123-38-37-122-36-35-121-34-33-120-32-31-119-30-29-118-28-27-117-26-25-116-24-23-115-22-21-114-20-19-113-18-17-112-16-15-111-14-13-110-12-11-109-10-9-108-8-7-107-6-5-104-82-88(102-103-104)84-143-95-92(100)80-89(81-93(95)101)144-96-90(98)77-86(78-91(96)99)79-94(105)106/h1-4,77-78,80-82H,5-76,79,83-84H2,(H,105,106). The quantitative estimate of drug-likeness (QED) is 0.0322. The van der Waals surface area contributed by atoms with Crippen LogP contribution in [0.5, 0.6) is 17.2 Å². The first-order valence-electron chi connectivity index (χ1n) is 49.1. The number of aromatic nitrogens is 3. The van der Waals surface area contributed by atoms with Gasteiger partial charge in [-0.25, -0.2) is 4.68 Å². The molecule has 3 aromatic carbocycles. The highest BCUT2D eigenvalue weighted by molar-refractivity contribution is 14.1. The first-order valence-corrected chi connectivity index (χ1v) is 53.8. The highest BCUT2D eigenvalue weighted by Crippen LogP contribution is 2.38. The highest BCUT2D eigenvalue weighted by atomic mass is 127. The van der Waals surface area contributed by atoms with E-state index in [1.165, 1.54) is 0 Å². The van der Waals surface area contributed by atoms with Crippen LogP contribution in [-0.4, -0.2) is 495 Å². The summed E-state index contributed by atoms with van der Waals surface area (Å²) in [5, 5.41) is 18.3. The predicted molar refractivity (Wildman–Crippen MR) is 559 cm³/mol. The molecule has 1 heterocycles. The second-order valence-electron chi connectivity index (χ2n) is 29.7. The number of ether oxygens (including phenoxy) is 38. The minimum Gasteiger partial charge on any atom is -0.485 e. The smallest absolute Gasteiger partial charge is 0.307 e. The number of carboxylic acids is 1. The maximum Gasteiger partial charge on any atom is 0.307 e. The van der Waals surface area contributed by atoms with Crippen molar-refractivity contribution in [2.24, 2.45) is 0 Å². The van der Waals surface area contributed by atoms with E-state index in [2.05, 4.69) is 101 Å². The lowest BCUT2D eigenvalue weighted by Gasteiger charge is -2.15. The molecule has 0 fully saturated rings. The van der Waals surface area contributed by atoms with Crippen LogP contribution in [0.25, 0.3) is 0 Å². The topological polar surface area (TPSA) is 419 Å². The molecule has 0 amide bonds. The molecule has 144 heavy (non-hydrogen) atoms. The maximum absolute atomic E-state index is 11.2. The lowest BCUT2D eigenvalue weighted by molar-refractivity contribution is -0.136. The first-order chi connectivity index (χ1) is 71.2. The van der Waals surface area contributed by atoms with Crippen molar-refractivity contribution in [2.45, 2.75) is 26.2 Å². The molecule has 48 heteroatoms. The molecule has 0 spiro atoms. The monoisotopic (exact) mass is 2540 g/mol. The van der Waals surface area contributed by atoms with Crippen molar-refractivity contribution in [3.8, 4) is 17.2 Å². The summed E-state index contributed by atoms with van der Waals surface area (Å²) in [6, 6.07) is 15.0. The van der Waals surface area contributed by atoms with Crippen LogP contribution < -0.4 is 9.47 Å². The number of hydrogen-bond acceptors (Lipinski definition) is 41. The Hall–Kier alpha value is -2.36. The normalized spacial score (nSPS) is 11.7. The summed E-state index contributed by atoms with van der Waals surface area (Å²) in [5.74, 6) is 1.16. The van der Waals surface area contributed by atoms with Gasteiger partial charge in [0.1, 0.15) is 23.8 Å². The van der Waals surface area contributed by atoms with Crippen LogP contribution in [0.15, 0.2) is 54.7 Å². The van der Waals surface area contributed by atoms with E-state index in [0.29, 0.717) is 504 Å². The third-order valence-corrected chi connectivity index (χ3v) is 21.7. The molecule has 0 bridgehead atoms. The second-order valence-corrected chi connectivity index (χ2v) is 34.7. The third kappa shape index (κ3) is 89.0. The van der Waals surface area contributed by atoms with Crippen LogP contribution in [0, 0.1) is 14.3 Å². The summed E-state index contributed by atoms with van der Waals surface area (Å²) in [7, 11) is 0. The Kier molecular flexibility index (Phi) is 98.8. The summed E-state index contributed by atoms with van der Waals surface area (Å²) in [4.78, 5) is 11.2. The Morgan fingerprint density at radius 1 is 0.243 bits per heavy atom. The lowest BCUT2D eigenvalue weighted by Crippen LogP contribution is -2.16. The lowest BCUT2D eigenvalue weighted by atomic mass is 10.1. The van der Waals surface area contributed by atoms with E-state index >= 15 is 0 Å². The number of aliphatic carboxylic acids is 1. The van der Waals surface area contributed by atoms with Gasteiger partial charge in [-0.3, -0.25) is 4.79 Å². The summed E-state index contributed by atoms with van der Waals surface area (Å²) in [6.07, 6.45) is 1.79. The summed E-state index contributed by atoms with van der Waals surface area (Å²) in [6.45, 7) is 34.9. The van der Waals surface area contributed by atoms with Gasteiger partial charge in [-0.15, -0.1) is 5.10 Å². The van der Waals surface area contributed by atoms with E-state index < -0.39 is 5.97 Å². The van der Waals surface area contributed by atoms with Gasteiger partial charge in [0.15, 0.2) is 5.75 Å². The van der Waals surface area contributed by atoms with E-state index in [4.69, 9.17) is 192 Å². The Labute approximate surface area is 909 Å². The Balaban J connectivity index is 0.683. The van der Waals surface area contributed by atoms with Crippen molar-refractivity contribution in [3.63, 3.8) is 0 Å². The zero-order valence-electron chi connectivity index (χ0n) is 83.8. The molecule has 0 aliphatic heterocycles. The zero-order chi connectivity index (χ0) is 102. The van der Waals surface area contributed by atoms with E-state index in [-0.39, 0.29) is 13.0 Å². The van der Waals surface area contributed by atoms with Crippen LogP contribution in [-0.2, 0) is 202 Å². The zero-order valence-corrected chi connectivity index (χ0v) is 93.2.